The number of guanidine groups is 1. The lowest BCUT2D eigenvalue weighted by atomic mass is 10.0. The highest BCUT2D eigenvalue weighted by molar-refractivity contribution is 6.15. The van der Waals surface area contributed by atoms with E-state index < -0.39 is 12.2 Å². The van der Waals surface area contributed by atoms with Gasteiger partial charge in [0.25, 0.3) is 0 Å². The minimum atomic E-state index is -0.973. The van der Waals surface area contributed by atoms with Crippen LogP contribution < -0.4 is 16.0 Å². The van der Waals surface area contributed by atoms with Gasteiger partial charge in [-0.3, -0.25) is 14.9 Å². The van der Waals surface area contributed by atoms with Gasteiger partial charge in [0.2, 0.25) is 11.9 Å². The molecule has 3 rings (SSSR count). The number of nitrogens with zero attached hydrogens (tertiary/aromatic N) is 1. The highest BCUT2D eigenvalue weighted by Crippen LogP contribution is 2.24. The second kappa shape index (κ2) is 12.5. The first-order valence-electron chi connectivity index (χ1n) is 10.8. The number of hydrogen-bond acceptors (Lipinski definition) is 6. The van der Waals surface area contributed by atoms with Crippen molar-refractivity contribution in [1.29, 1.82) is 0 Å². The van der Waals surface area contributed by atoms with Crippen LogP contribution in [0.2, 0.25) is 0 Å². The number of methoxy groups -OCH3 is 2. The third kappa shape index (κ3) is 7.26. The second-order valence-corrected chi connectivity index (χ2v) is 7.34. The van der Waals surface area contributed by atoms with E-state index in [0.717, 1.165) is 19.8 Å². The van der Waals surface area contributed by atoms with Crippen LogP contribution >= 0.6 is 0 Å². The maximum atomic E-state index is 13.3. The van der Waals surface area contributed by atoms with Gasteiger partial charge in [-0.25, -0.2) is 9.59 Å². The molecule has 10 heteroatoms. The summed E-state index contributed by atoms with van der Waals surface area (Å²) in [7, 11) is 2.28. The van der Waals surface area contributed by atoms with Crippen molar-refractivity contribution >= 4 is 41.2 Å². The van der Waals surface area contributed by atoms with Gasteiger partial charge in [0.1, 0.15) is 0 Å². The fraction of sp³-hybridized carbons (Fsp3) is 0.115. The zero-order chi connectivity index (χ0) is 25.9. The summed E-state index contributed by atoms with van der Waals surface area (Å²) in [6, 6.07) is 22.3. The number of amides is 3. The average Bonchev–Trinajstić information content (AvgIpc) is 2.89. The van der Waals surface area contributed by atoms with Crippen molar-refractivity contribution in [3.8, 4) is 0 Å². The molecule has 0 aromatic heterocycles. The normalized spacial score (nSPS) is 10.7. The number of anilines is 2. The Morgan fingerprint density at radius 3 is 2.11 bits per heavy atom. The molecule has 3 aromatic carbocycles. The number of alkyl carbamates (subject to hydrolysis) is 1. The predicted molar refractivity (Wildman–Crippen MR) is 134 cm³/mol. The maximum absolute atomic E-state index is 13.3. The van der Waals surface area contributed by atoms with Gasteiger partial charge in [0.05, 0.1) is 26.3 Å². The molecule has 36 heavy (non-hydrogen) atoms. The fourth-order valence-electron chi connectivity index (χ4n) is 3.15. The quantitative estimate of drug-likeness (QED) is 0.271. The van der Waals surface area contributed by atoms with E-state index in [4.69, 9.17) is 0 Å². The number of ether oxygens (including phenoxy) is 2. The first-order valence-corrected chi connectivity index (χ1v) is 10.8. The lowest BCUT2D eigenvalue weighted by molar-refractivity contribution is -0.115. The number of hydrogen-bond donors (Lipinski definition) is 3. The van der Waals surface area contributed by atoms with Gasteiger partial charge < -0.3 is 20.1 Å². The van der Waals surface area contributed by atoms with E-state index in [2.05, 4.69) is 30.4 Å². The third-order valence-electron chi connectivity index (χ3n) is 4.83. The van der Waals surface area contributed by atoms with Gasteiger partial charge in [-0.1, -0.05) is 60.7 Å². The lowest BCUT2D eigenvalue weighted by Gasteiger charge is -2.15. The van der Waals surface area contributed by atoms with Gasteiger partial charge in [-0.2, -0.15) is 0 Å². The van der Waals surface area contributed by atoms with Crippen LogP contribution in [0, 0.1) is 0 Å². The first kappa shape index (κ1) is 25.6. The molecule has 0 aliphatic carbocycles. The van der Waals surface area contributed by atoms with Crippen LogP contribution in [0.4, 0.5) is 21.0 Å². The molecule has 10 nitrogen and oxygen atoms in total. The van der Waals surface area contributed by atoms with Crippen LogP contribution in [0.3, 0.4) is 0 Å². The topological polar surface area (TPSA) is 135 Å². The number of aliphatic imine (C=N–C) groups is 1. The number of carbonyl (C=O) groups is 4. The molecule has 0 spiro atoms. The summed E-state index contributed by atoms with van der Waals surface area (Å²) in [6.07, 6.45) is -1.73. The third-order valence-corrected chi connectivity index (χ3v) is 4.83. The van der Waals surface area contributed by atoms with Gasteiger partial charge >= 0.3 is 12.2 Å². The molecule has 0 saturated carbocycles. The zero-order valence-electron chi connectivity index (χ0n) is 19.6. The summed E-state index contributed by atoms with van der Waals surface area (Å²) >= 11 is 0. The Morgan fingerprint density at radius 2 is 1.47 bits per heavy atom. The van der Waals surface area contributed by atoms with Crippen molar-refractivity contribution in [3.05, 3.63) is 95.6 Å². The van der Waals surface area contributed by atoms with Crippen LogP contribution in [0.5, 0.6) is 0 Å². The van der Waals surface area contributed by atoms with E-state index in [0.29, 0.717) is 16.9 Å². The van der Waals surface area contributed by atoms with E-state index in [1.165, 1.54) is 12.1 Å². The van der Waals surface area contributed by atoms with E-state index in [9.17, 15) is 19.2 Å². The molecule has 0 aliphatic rings. The number of rotatable bonds is 6. The fourth-order valence-corrected chi connectivity index (χ4v) is 3.15. The Labute approximate surface area is 207 Å². The second-order valence-electron chi connectivity index (χ2n) is 7.34. The Kier molecular flexibility index (Phi) is 8.88. The van der Waals surface area contributed by atoms with Crippen LogP contribution in [0.1, 0.15) is 21.5 Å². The Balaban J connectivity index is 1.93. The molecular formula is C26H24N4O6. The number of nitrogens with one attached hydrogen (secondary N) is 3. The molecule has 0 heterocycles. The Hall–Kier alpha value is -4.99. The molecule has 3 aromatic rings. The summed E-state index contributed by atoms with van der Waals surface area (Å²) in [6.45, 7) is 0. The molecular weight excluding hydrogens is 464 g/mol. The highest BCUT2D eigenvalue weighted by atomic mass is 16.5. The molecule has 0 fully saturated rings. The van der Waals surface area contributed by atoms with Crippen molar-refractivity contribution in [3.63, 3.8) is 0 Å². The smallest absolute Gasteiger partial charge is 0.436 e. The SMILES string of the molecule is COC(=O)N=C(NC(=O)OC)Nc1ccc(NC(=O)Cc2ccccc2)c(C(=O)c2ccccc2)c1. The average molecular weight is 489 g/mol. The Bertz CT molecular complexity index is 1280. The number of ketones is 1. The predicted octanol–water partition coefficient (Wildman–Crippen LogP) is 3.99. The summed E-state index contributed by atoms with van der Waals surface area (Å²) in [5, 5.41) is 7.80. The Morgan fingerprint density at radius 1 is 0.806 bits per heavy atom. The first-order chi connectivity index (χ1) is 17.4. The van der Waals surface area contributed by atoms with Gasteiger partial charge in [-0.05, 0) is 23.8 Å². The monoisotopic (exact) mass is 488 g/mol. The van der Waals surface area contributed by atoms with Crippen LogP contribution in [0.25, 0.3) is 0 Å². The summed E-state index contributed by atoms with van der Waals surface area (Å²) in [5.41, 5.74) is 2.01. The molecule has 184 valence electrons. The van der Waals surface area contributed by atoms with Crippen LogP contribution in [0.15, 0.2) is 83.9 Å². The highest BCUT2D eigenvalue weighted by Gasteiger charge is 2.18. The minimum Gasteiger partial charge on any atom is -0.453 e. The molecule has 0 atom stereocenters. The molecule has 0 aliphatic heterocycles. The molecule has 0 unspecified atom stereocenters. The summed E-state index contributed by atoms with van der Waals surface area (Å²) in [5.74, 6) is -0.932. The molecule has 3 amide bonds. The van der Waals surface area contributed by atoms with Crippen LogP contribution in [-0.2, 0) is 20.7 Å². The van der Waals surface area contributed by atoms with E-state index >= 15 is 0 Å². The molecule has 0 saturated heterocycles. The van der Waals surface area contributed by atoms with Crippen molar-refractivity contribution in [2.75, 3.05) is 24.9 Å². The standard InChI is InChI=1S/C26H24N4O6/c1-35-25(33)29-24(30-26(34)36-2)27-19-13-14-21(28-22(31)15-17-9-5-3-6-10-17)20(16-19)23(32)18-11-7-4-8-12-18/h3-14,16H,15H2,1-2H3,(H,28,31)(H2,27,29,30,33,34). The minimum absolute atomic E-state index is 0.124. The van der Waals surface area contributed by atoms with E-state index in [-0.39, 0.29) is 29.6 Å². The van der Waals surface area contributed by atoms with Crippen LogP contribution in [-0.4, -0.2) is 44.1 Å². The molecule has 0 bridgehead atoms. The van der Waals surface area contributed by atoms with Crippen molar-refractivity contribution < 1.29 is 28.7 Å². The summed E-state index contributed by atoms with van der Waals surface area (Å²) in [4.78, 5) is 52.9. The van der Waals surface area contributed by atoms with Gasteiger partial charge in [-0.15, -0.1) is 4.99 Å². The van der Waals surface area contributed by atoms with E-state index in [1.54, 1.807) is 36.4 Å². The van der Waals surface area contributed by atoms with Crippen molar-refractivity contribution in [1.82, 2.24) is 5.32 Å². The number of benzene rings is 3. The number of carbonyl (C=O) groups excluding carboxylic acids is 4. The summed E-state index contributed by atoms with van der Waals surface area (Å²) < 4.78 is 9.05. The van der Waals surface area contributed by atoms with Gasteiger partial charge in [0, 0.05) is 16.8 Å². The van der Waals surface area contributed by atoms with Gasteiger partial charge in [0.15, 0.2) is 5.78 Å². The zero-order valence-corrected chi connectivity index (χ0v) is 19.6. The van der Waals surface area contributed by atoms with Crippen molar-refractivity contribution in [2.24, 2.45) is 4.99 Å². The van der Waals surface area contributed by atoms with Crippen molar-refractivity contribution in [2.45, 2.75) is 6.42 Å². The molecule has 3 N–H and O–H groups in total. The maximum Gasteiger partial charge on any atom is 0.436 e. The largest absolute Gasteiger partial charge is 0.453 e. The molecule has 0 radical (unpaired) electrons. The lowest BCUT2D eigenvalue weighted by Crippen LogP contribution is -2.36. The van der Waals surface area contributed by atoms with E-state index in [1.807, 2.05) is 30.3 Å².